The van der Waals surface area contributed by atoms with E-state index in [2.05, 4.69) is 4.98 Å². The number of aromatic nitrogens is 2. The molecule has 1 aliphatic heterocycles. The van der Waals surface area contributed by atoms with Crippen LogP contribution in [0.2, 0.25) is 0 Å². The lowest BCUT2D eigenvalue weighted by Gasteiger charge is -2.50. The van der Waals surface area contributed by atoms with E-state index in [1.165, 1.54) is 17.9 Å². The third-order valence-corrected chi connectivity index (χ3v) is 7.35. The summed E-state index contributed by atoms with van der Waals surface area (Å²) in [5.74, 6) is 0. The number of aromatic amines is 1. The molecule has 1 aromatic heterocycles. The zero-order valence-electron chi connectivity index (χ0n) is 21.2. The highest BCUT2D eigenvalue weighted by molar-refractivity contribution is 5.54. The first-order chi connectivity index (χ1) is 18.5. The molecule has 38 heavy (non-hydrogen) atoms. The summed E-state index contributed by atoms with van der Waals surface area (Å²) in [7, 11) is 1.39. The molecule has 1 aliphatic rings. The van der Waals surface area contributed by atoms with Gasteiger partial charge in [-0.3, -0.25) is 14.3 Å². The fraction of sp³-hybridized carbons (Fsp3) is 0.267. The van der Waals surface area contributed by atoms with Crippen LogP contribution in [-0.4, -0.2) is 40.6 Å². The molecule has 196 valence electrons. The standard InChI is InChI=1S/C30H30N2O6/c1-21-19-32(28(35)31-27(21)34)29(18-25(38-36-2)26(20-33)37-29)30(22-12-6-3-7-13-22,23-14-8-4-9-15-23)24-16-10-5-11-17-24/h3-17,19,25-26,33H,18,20H2,1-2H3,(H,31,34,35)/t25-,26+,29-/m0/s1. The molecule has 3 aromatic carbocycles. The molecule has 0 amide bonds. The molecule has 8 heteroatoms. The minimum Gasteiger partial charge on any atom is -0.394 e. The maximum atomic E-state index is 13.7. The first kappa shape index (κ1) is 25.8. The first-order valence-electron chi connectivity index (χ1n) is 12.5. The SMILES string of the molecule is COO[C@H]1C[C@@](n2cc(C)c(=O)[nH]c2=O)(C(c2ccccc2)(c2ccccc2)c2ccccc2)O[C@@H]1CO. The summed E-state index contributed by atoms with van der Waals surface area (Å²) in [5.41, 5.74) is -0.860. The van der Waals surface area contributed by atoms with Crippen LogP contribution in [0.5, 0.6) is 0 Å². The molecular weight excluding hydrogens is 484 g/mol. The number of aliphatic hydroxyl groups excluding tert-OH is 1. The van der Waals surface area contributed by atoms with E-state index in [0.717, 1.165) is 16.7 Å². The molecule has 0 spiro atoms. The van der Waals surface area contributed by atoms with Crippen molar-refractivity contribution in [2.75, 3.05) is 13.7 Å². The monoisotopic (exact) mass is 514 g/mol. The quantitative estimate of drug-likeness (QED) is 0.213. The predicted molar refractivity (Wildman–Crippen MR) is 142 cm³/mol. The molecule has 2 heterocycles. The summed E-state index contributed by atoms with van der Waals surface area (Å²) in [6, 6.07) is 29.4. The lowest BCUT2D eigenvalue weighted by atomic mass is 9.61. The smallest absolute Gasteiger partial charge is 0.330 e. The number of hydrogen-bond donors (Lipinski definition) is 2. The van der Waals surface area contributed by atoms with Gasteiger partial charge in [0, 0.05) is 18.2 Å². The van der Waals surface area contributed by atoms with Gasteiger partial charge >= 0.3 is 5.69 Å². The van der Waals surface area contributed by atoms with Crippen LogP contribution in [0, 0.1) is 6.92 Å². The third-order valence-electron chi connectivity index (χ3n) is 7.35. The van der Waals surface area contributed by atoms with Crippen molar-refractivity contribution < 1.29 is 19.6 Å². The van der Waals surface area contributed by atoms with Crippen LogP contribution >= 0.6 is 0 Å². The second-order valence-corrected chi connectivity index (χ2v) is 9.42. The maximum absolute atomic E-state index is 13.7. The Labute approximate surface area is 220 Å². The molecule has 8 nitrogen and oxygen atoms in total. The van der Waals surface area contributed by atoms with Crippen LogP contribution in [0.25, 0.3) is 0 Å². The van der Waals surface area contributed by atoms with Crippen molar-refractivity contribution in [1.29, 1.82) is 0 Å². The van der Waals surface area contributed by atoms with Crippen molar-refractivity contribution >= 4 is 0 Å². The summed E-state index contributed by atoms with van der Waals surface area (Å²) in [5, 5.41) is 10.4. The number of aryl methyl sites for hydroxylation is 1. The number of rotatable bonds is 8. The van der Waals surface area contributed by atoms with E-state index in [1.54, 1.807) is 6.92 Å². The molecule has 5 rings (SSSR count). The fourth-order valence-corrected chi connectivity index (χ4v) is 5.81. The van der Waals surface area contributed by atoms with Crippen molar-refractivity contribution in [1.82, 2.24) is 9.55 Å². The number of nitrogens with zero attached hydrogens (tertiary/aromatic N) is 1. The van der Waals surface area contributed by atoms with Gasteiger partial charge in [0.1, 0.15) is 12.2 Å². The Morgan fingerprint density at radius 1 is 0.947 bits per heavy atom. The molecule has 3 atom stereocenters. The summed E-state index contributed by atoms with van der Waals surface area (Å²) >= 11 is 0. The molecule has 2 N–H and O–H groups in total. The first-order valence-corrected chi connectivity index (χ1v) is 12.5. The lowest BCUT2D eigenvalue weighted by molar-refractivity contribution is -0.312. The number of benzene rings is 3. The van der Waals surface area contributed by atoms with Gasteiger partial charge < -0.3 is 9.84 Å². The van der Waals surface area contributed by atoms with Crippen LogP contribution in [0.3, 0.4) is 0 Å². The average molecular weight is 515 g/mol. The van der Waals surface area contributed by atoms with Gasteiger partial charge in [-0.15, -0.1) is 0 Å². The Morgan fingerprint density at radius 3 is 1.89 bits per heavy atom. The van der Waals surface area contributed by atoms with Crippen LogP contribution in [0.1, 0.15) is 28.7 Å². The zero-order chi connectivity index (χ0) is 26.8. The Morgan fingerprint density at radius 2 is 1.45 bits per heavy atom. The minimum absolute atomic E-state index is 0.121. The van der Waals surface area contributed by atoms with E-state index in [1.807, 2.05) is 91.0 Å². The Balaban J connectivity index is 1.99. The van der Waals surface area contributed by atoms with Gasteiger partial charge in [0.2, 0.25) is 0 Å². The Bertz CT molecular complexity index is 1390. The zero-order valence-corrected chi connectivity index (χ0v) is 21.2. The fourth-order valence-electron chi connectivity index (χ4n) is 5.81. The minimum atomic E-state index is -1.50. The molecule has 0 aliphatic carbocycles. The molecular formula is C30H30N2O6. The third kappa shape index (κ3) is 4.02. The largest absolute Gasteiger partial charge is 0.394 e. The van der Waals surface area contributed by atoms with Gasteiger partial charge in [-0.05, 0) is 23.6 Å². The molecule has 0 bridgehead atoms. The highest BCUT2D eigenvalue weighted by Gasteiger charge is 2.64. The second kappa shape index (κ2) is 10.5. The van der Waals surface area contributed by atoms with Gasteiger partial charge in [-0.25, -0.2) is 14.6 Å². The summed E-state index contributed by atoms with van der Waals surface area (Å²) < 4.78 is 8.28. The average Bonchev–Trinajstić information content (AvgIpc) is 3.32. The topological polar surface area (TPSA) is 103 Å². The van der Waals surface area contributed by atoms with Crippen molar-refractivity contribution in [3.8, 4) is 0 Å². The van der Waals surface area contributed by atoms with Gasteiger partial charge in [0.25, 0.3) is 5.56 Å². The van der Waals surface area contributed by atoms with E-state index in [4.69, 9.17) is 14.5 Å². The normalized spacial score (nSPS) is 21.4. The van der Waals surface area contributed by atoms with Gasteiger partial charge in [-0.1, -0.05) is 91.0 Å². The van der Waals surface area contributed by atoms with E-state index < -0.39 is 34.6 Å². The molecule has 0 saturated carbocycles. The van der Waals surface area contributed by atoms with Crippen LogP contribution in [0.4, 0.5) is 0 Å². The summed E-state index contributed by atoms with van der Waals surface area (Å²) in [4.78, 5) is 39.3. The molecule has 0 unspecified atom stereocenters. The molecule has 1 saturated heterocycles. The van der Waals surface area contributed by atoms with Crippen molar-refractivity contribution in [2.24, 2.45) is 0 Å². The predicted octanol–water partition coefficient (Wildman–Crippen LogP) is 3.26. The number of nitrogens with one attached hydrogen (secondary N) is 1. The van der Waals surface area contributed by atoms with E-state index in [-0.39, 0.29) is 13.0 Å². The van der Waals surface area contributed by atoms with Gasteiger partial charge in [-0.2, -0.15) is 0 Å². The van der Waals surface area contributed by atoms with Crippen molar-refractivity contribution in [3.63, 3.8) is 0 Å². The van der Waals surface area contributed by atoms with Gasteiger partial charge in [0.15, 0.2) is 5.72 Å². The van der Waals surface area contributed by atoms with E-state index >= 15 is 0 Å². The molecule has 1 fully saturated rings. The van der Waals surface area contributed by atoms with E-state index in [9.17, 15) is 14.7 Å². The van der Waals surface area contributed by atoms with Gasteiger partial charge in [0.05, 0.1) is 19.1 Å². The van der Waals surface area contributed by atoms with Crippen LogP contribution in [0.15, 0.2) is 107 Å². The number of aliphatic hydroxyl groups is 1. The highest BCUT2D eigenvalue weighted by Crippen LogP contribution is 2.56. The number of ether oxygens (including phenoxy) is 1. The summed E-state index contributed by atoms with van der Waals surface area (Å²) in [6.45, 7) is 1.26. The van der Waals surface area contributed by atoms with Crippen molar-refractivity contribution in [3.05, 3.63) is 140 Å². The van der Waals surface area contributed by atoms with Crippen LogP contribution in [-0.2, 0) is 25.7 Å². The lowest BCUT2D eigenvalue weighted by Crippen LogP contribution is -2.59. The number of H-pyrrole nitrogens is 1. The summed E-state index contributed by atoms with van der Waals surface area (Å²) in [6.07, 6.45) is 0.0917. The number of hydrogen-bond acceptors (Lipinski definition) is 6. The molecule has 4 aromatic rings. The van der Waals surface area contributed by atoms with E-state index in [0.29, 0.717) is 5.56 Å². The van der Waals surface area contributed by atoms with Crippen molar-refractivity contribution in [2.45, 2.75) is 36.7 Å². The Kier molecular flexibility index (Phi) is 7.14. The maximum Gasteiger partial charge on any atom is 0.330 e. The Hall–Kier alpha value is -3.82. The molecule has 0 radical (unpaired) electrons. The second-order valence-electron chi connectivity index (χ2n) is 9.42. The van der Waals surface area contributed by atoms with Crippen LogP contribution < -0.4 is 11.2 Å². The highest BCUT2D eigenvalue weighted by atomic mass is 17.2.